The van der Waals surface area contributed by atoms with Crippen LogP contribution in [0, 0.1) is 6.92 Å². The molecule has 0 fully saturated rings. The second kappa shape index (κ2) is 4.20. The maximum atomic E-state index is 11.1. The van der Waals surface area contributed by atoms with Gasteiger partial charge in [0.25, 0.3) is 0 Å². The Morgan fingerprint density at radius 3 is 2.88 bits per heavy atom. The third-order valence-electron chi connectivity index (χ3n) is 3.00. The third-order valence-corrected chi connectivity index (χ3v) is 3.00. The molecule has 0 radical (unpaired) electrons. The number of fused-ring (bicyclic) bond motifs is 1. The van der Waals surface area contributed by atoms with Crippen molar-refractivity contribution >= 4 is 11.5 Å². The molecule has 0 saturated carbocycles. The number of imidazole rings is 1. The van der Waals surface area contributed by atoms with Gasteiger partial charge in [-0.25, -0.2) is 4.98 Å². The number of rotatable bonds is 3. The maximum Gasteiger partial charge on any atom is 0.312 e. The third kappa shape index (κ3) is 1.90. The van der Waals surface area contributed by atoms with Gasteiger partial charge in [0, 0.05) is 12.6 Å². The van der Waals surface area contributed by atoms with E-state index in [4.69, 9.17) is 5.11 Å². The molecule has 0 bridgehead atoms. The molecule has 1 unspecified atom stereocenters. The zero-order valence-electron chi connectivity index (χ0n) is 10.3. The van der Waals surface area contributed by atoms with Crippen molar-refractivity contribution in [2.24, 2.45) is 0 Å². The standard InChI is InChI=1S/C13H16N2O2/c1-4-11-14-12(9(3)13(16)17)10-7-8(2)5-6-15(10)11/h5-7,9H,4H2,1-3H3,(H,16,17). The average molecular weight is 232 g/mol. The zero-order valence-corrected chi connectivity index (χ0v) is 10.3. The van der Waals surface area contributed by atoms with Gasteiger partial charge in [-0.15, -0.1) is 0 Å². The number of pyridine rings is 1. The van der Waals surface area contributed by atoms with Gasteiger partial charge in [-0.2, -0.15) is 0 Å². The average Bonchev–Trinajstić information content (AvgIpc) is 2.65. The van der Waals surface area contributed by atoms with E-state index in [0.29, 0.717) is 5.69 Å². The van der Waals surface area contributed by atoms with Crippen LogP contribution in [0.4, 0.5) is 0 Å². The summed E-state index contributed by atoms with van der Waals surface area (Å²) >= 11 is 0. The molecule has 1 N–H and O–H groups in total. The summed E-state index contributed by atoms with van der Waals surface area (Å²) in [7, 11) is 0. The van der Waals surface area contributed by atoms with Gasteiger partial charge in [0.05, 0.1) is 17.1 Å². The second-order valence-corrected chi connectivity index (χ2v) is 4.29. The van der Waals surface area contributed by atoms with E-state index >= 15 is 0 Å². The van der Waals surface area contributed by atoms with Gasteiger partial charge in [0.1, 0.15) is 5.82 Å². The van der Waals surface area contributed by atoms with Gasteiger partial charge in [-0.1, -0.05) is 6.92 Å². The summed E-state index contributed by atoms with van der Waals surface area (Å²) in [5, 5.41) is 9.10. The zero-order chi connectivity index (χ0) is 12.6. The molecular weight excluding hydrogens is 216 g/mol. The first-order valence-corrected chi connectivity index (χ1v) is 5.75. The molecule has 0 aliphatic heterocycles. The monoisotopic (exact) mass is 232 g/mol. The number of nitrogens with zero attached hydrogens (tertiary/aromatic N) is 2. The van der Waals surface area contributed by atoms with Crippen molar-refractivity contribution in [1.29, 1.82) is 0 Å². The number of aryl methyl sites for hydroxylation is 2. The summed E-state index contributed by atoms with van der Waals surface area (Å²) < 4.78 is 1.97. The molecule has 2 rings (SSSR count). The number of aliphatic carboxylic acids is 1. The summed E-state index contributed by atoms with van der Waals surface area (Å²) in [4.78, 5) is 15.5. The van der Waals surface area contributed by atoms with E-state index in [1.165, 1.54) is 0 Å². The van der Waals surface area contributed by atoms with Gasteiger partial charge < -0.3 is 9.51 Å². The molecule has 90 valence electrons. The predicted molar refractivity (Wildman–Crippen MR) is 65.4 cm³/mol. The Kier molecular flexibility index (Phi) is 2.88. The minimum Gasteiger partial charge on any atom is -0.481 e. The van der Waals surface area contributed by atoms with Crippen LogP contribution >= 0.6 is 0 Å². The normalized spacial score (nSPS) is 12.9. The summed E-state index contributed by atoms with van der Waals surface area (Å²) in [6.07, 6.45) is 2.74. The van der Waals surface area contributed by atoms with Crippen molar-refractivity contribution in [3.63, 3.8) is 0 Å². The Bertz CT molecular complexity index is 572. The quantitative estimate of drug-likeness (QED) is 0.884. The predicted octanol–water partition coefficient (Wildman–Crippen LogP) is 2.39. The summed E-state index contributed by atoms with van der Waals surface area (Å²) in [6, 6.07) is 3.99. The lowest BCUT2D eigenvalue weighted by Gasteiger charge is -2.03. The summed E-state index contributed by atoms with van der Waals surface area (Å²) in [5.74, 6) is -0.510. The molecule has 17 heavy (non-hydrogen) atoms. The van der Waals surface area contributed by atoms with Crippen molar-refractivity contribution < 1.29 is 9.90 Å². The first-order valence-electron chi connectivity index (χ1n) is 5.75. The molecule has 0 spiro atoms. The molecular formula is C13H16N2O2. The van der Waals surface area contributed by atoms with Gasteiger partial charge in [-0.3, -0.25) is 4.79 Å². The highest BCUT2D eigenvalue weighted by atomic mass is 16.4. The minimum absolute atomic E-state index is 0.577. The smallest absolute Gasteiger partial charge is 0.312 e. The van der Waals surface area contributed by atoms with E-state index < -0.39 is 11.9 Å². The molecule has 0 aromatic carbocycles. The number of hydrogen-bond donors (Lipinski definition) is 1. The van der Waals surface area contributed by atoms with E-state index in [1.54, 1.807) is 6.92 Å². The van der Waals surface area contributed by atoms with Crippen LogP contribution in [0.5, 0.6) is 0 Å². The van der Waals surface area contributed by atoms with Crippen LogP contribution in [-0.4, -0.2) is 20.5 Å². The van der Waals surface area contributed by atoms with Gasteiger partial charge in [-0.05, 0) is 31.5 Å². The molecule has 0 aliphatic rings. The largest absolute Gasteiger partial charge is 0.481 e. The number of aromatic nitrogens is 2. The maximum absolute atomic E-state index is 11.1. The van der Waals surface area contributed by atoms with Crippen LogP contribution < -0.4 is 0 Å². The molecule has 4 nitrogen and oxygen atoms in total. The van der Waals surface area contributed by atoms with Crippen LogP contribution in [0.25, 0.3) is 5.52 Å². The lowest BCUT2D eigenvalue weighted by Crippen LogP contribution is -2.08. The molecule has 0 saturated heterocycles. The van der Waals surface area contributed by atoms with E-state index in [2.05, 4.69) is 4.98 Å². The van der Waals surface area contributed by atoms with Crippen molar-refractivity contribution in [1.82, 2.24) is 9.38 Å². The Hall–Kier alpha value is -1.84. The highest BCUT2D eigenvalue weighted by Crippen LogP contribution is 2.23. The fourth-order valence-electron chi connectivity index (χ4n) is 1.96. The number of carboxylic acids is 1. The lowest BCUT2D eigenvalue weighted by atomic mass is 10.1. The van der Waals surface area contributed by atoms with Crippen molar-refractivity contribution in [2.75, 3.05) is 0 Å². The summed E-state index contributed by atoms with van der Waals surface area (Å²) in [5.41, 5.74) is 2.66. The molecule has 1 atom stereocenters. The van der Waals surface area contributed by atoms with E-state index in [0.717, 1.165) is 23.3 Å². The van der Waals surface area contributed by atoms with Crippen molar-refractivity contribution in [2.45, 2.75) is 33.1 Å². The Morgan fingerprint density at radius 2 is 2.29 bits per heavy atom. The molecule has 2 aromatic rings. The highest BCUT2D eigenvalue weighted by Gasteiger charge is 2.21. The fraction of sp³-hybridized carbons (Fsp3) is 0.385. The van der Waals surface area contributed by atoms with Gasteiger partial charge in [0.2, 0.25) is 0 Å². The van der Waals surface area contributed by atoms with E-state index in [1.807, 2.05) is 36.6 Å². The van der Waals surface area contributed by atoms with E-state index in [-0.39, 0.29) is 0 Å². The number of hydrogen-bond acceptors (Lipinski definition) is 2. The molecule has 0 amide bonds. The fourth-order valence-corrected chi connectivity index (χ4v) is 1.96. The van der Waals surface area contributed by atoms with Gasteiger partial charge in [0.15, 0.2) is 0 Å². The molecule has 4 heteroatoms. The van der Waals surface area contributed by atoms with Gasteiger partial charge >= 0.3 is 5.97 Å². The topological polar surface area (TPSA) is 54.6 Å². The van der Waals surface area contributed by atoms with Crippen molar-refractivity contribution in [3.05, 3.63) is 35.4 Å². The molecule has 0 aliphatic carbocycles. The van der Waals surface area contributed by atoms with Crippen LogP contribution in [0.1, 0.15) is 36.8 Å². The second-order valence-electron chi connectivity index (χ2n) is 4.29. The Balaban J connectivity index is 2.70. The first kappa shape index (κ1) is 11.6. The van der Waals surface area contributed by atoms with Crippen LogP contribution in [-0.2, 0) is 11.2 Å². The number of carbonyl (C=O) groups is 1. The Morgan fingerprint density at radius 1 is 1.59 bits per heavy atom. The lowest BCUT2D eigenvalue weighted by molar-refractivity contribution is -0.138. The van der Waals surface area contributed by atoms with Crippen LogP contribution in [0.15, 0.2) is 18.3 Å². The number of carboxylic acid groups (broad SMARTS) is 1. The highest BCUT2D eigenvalue weighted by molar-refractivity contribution is 5.78. The van der Waals surface area contributed by atoms with Crippen LogP contribution in [0.2, 0.25) is 0 Å². The first-order chi connectivity index (χ1) is 8.04. The Labute approximate surface area is 99.9 Å². The van der Waals surface area contributed by atoms with Crippen LogP contribution in [0.3, 0.4) is 0 Å². The van der Waals surface area contributed by atoms with Crippen molar-refractivity contribution in [3.8, 4) is 0 Å². The SMILES string of the molecule is CCc1nc(C(C)C(=O)O)c2cc(C)ccn12. The van der Waals surface area contributed by atoms with E-state index in [9.17, 15) is 4.79 Å². The molecule has 2 aromatic heterocycles. The minimum atomic E-state index is -0.839. The molecule has 2 heterocycles. The summed E-state index contributed by atoms with van der Waals surface area (Å²) in [6.45, 7) is 5.68.